The summed E-state index contributed by atoms with van der Waals surface area (Å²) in [5.41, 5.74) is 7.87. The molecule has 2 aromatic rings. The maximum Gasteiger partial charge on any atom is 0.143 e. The third-order valence-electron chi connectivity index (χ3n) is 3.36. The number of hydrogen-bond acceptors (Lipinski definition) is 7. The molecule has 0 amide bonds. The number of nitrogens with zero attached hydrogens (tertiary/aromatic N) is 3. The molecule has 0 aliphatic carbocycles. The average Bonchev–Trinajstić information content (AvgIpc) is 2.54. The normalized spacial score (nSPS) is 11.5. The Morgan fingerprint density at radius 3 is 2.50 bits per heavy atom. The lowest BCUT2D eigenvalue weighted by Gasteiger charge is -2.14. The van der Waals surface area contributed by atoms with E-state index in [4.69, 9.17) is 5.73 Å². The molecule has 7 heteroatoms. The van der Waals surface area contributed by atoms with Crippen LogP contribution in [0.4, 0.5) is 5.82 Å². The van der Waals surface area contributed by atoms with E-state index in [1.54, 1.807) is 26.0 Å². The van der Waals surface area contributed by atoms with E-state index in [1.165, 1.54) is 17.8 Å². The van der Waals surface area contributed by atoms with Crippen LogP contribution in [-0.2, 0) is 0 Å². The van der Waals surface area contributed by atoms with E-state index in [2.05, 4.69) is 11.1 Å². The molecule has 6 nitrogen and oxygen atoms in total. The molecule has 0 bridgehead atoms. The molecular formula is C17H16N4O2S. The second-order valence-corrected chi connectivity index (χ2v) is 6.32. The van der Waals surface area contributed by atoms with E-state index in [1.807, 2.05) is 6.07 Å². The van der Waals surface area contributed by atoms with Crippen molar-refractivity contribution in [3.8, 4) is 29.0 Å². The Labute approximate surface area is 144 Å². The number of aliphatic hydroxyl groups is 1. The quantitative estimate of drug-likeness (QED) is 0.730. The first-order chi connectivity index (χ1) is 11.4. The highest BCUT2D eigenvalue weighted by Gasteiger charge is 2.21. The number of aryl methyl sites for hydroxylation is 1. The molecule has 4 N–H and O–H groups in total. The summed E-state index contributed by atoms with van der Waals surface area (Å²) in [7, 11) is 0. The van der Waals surface area contributed by atoms with Gasteiger partial charge in [-0.05, 0) is 37.1 Å². The number of pyridine rings is 1. The molecule has 122 valence electrons. The number of anilines is 1. The molecule has 1 unspecified atom stereocenters. The summed E-state index contributed by atoms with van der Waals surface area (Å²) >= 11 is 1.21. The monoisotopic (exact) mass is 340 g/mol. The van der Waals surface area contributed by atoms with Gasteiger partial charge in [0.05, 0.1) is 11.7 Å². The maximum absolute atomic E-state index is 9.70. The summed E-state index contributed by atoms with van der Waals surface area (Å²) in [4.78, 5) is 4.15. The number of phenols is 1. The number of phenolic OH excluding ortho intramolecular Hbond substituents is 1. The van der Waals surface area contributed by atoms with Gasteiger partial charge in [-0.3, -0.25) is 0 Å². The number of aliphatic hydroxyl groups excluding tert-OH is 1. The van der Waals surface area contributed by atoms with Gasteiger partial charge in [0, 0.05) is 11.3 Å². The Morgan fingerprint density at radius 1 is 1.29 bits per heavy atom. The Kier molecular flexibility index (Phi) is 5.30. The van der Waals surface area contributed by atoms with Gasteiger partial charge >= 0.3 is 0 Å². The largest absolute Gasteiger partial charge is 0.508 e. The van der Waals surface area contributed by atoms with Gasteiger partial charge < -0.3 is 15.9 Å². The molecule has 0 aliphatic heterocycles. The van der Waals surface area contributed by atoms with Gasteiger partial charge in [0.2, 0.25) is 0 Å². The van der Waals surface area contributed by atoms with E-state index in [-0.39, 0.29) is 22.7 Å². The van der Waals surface area contributed by atoms with Gasteiger partial charge in [-0.25, -0.2) is 4.98 Å². The van der Waals surface area contributed by atoms with Crippen molar-refractivity contribution in [2.24, 2.45) is 0 Å². The number of nitrogens with two attached hydrogens (primary N) is 1. The lowest BCUT2D eigenvalue weighted by molar-refractivity contribution is 0.220. The lowest BCUT2D eigenvalue weighted by atomic mass is 9.95. The topological polar surface area (TPSA) is 127 Å². The van der Waals surface area contributed by atoms with Crippen molar-refractivity contribution in [2.45, 2.75) is 25.0 Å². The predicted molar refractivity (Wildman–Crippen MR) is 92.3 cm³/mol. The highest BCUT2D eigenvalue weighted by Crippen LogP contribution is 2.37. The standard InChI is InChI=1S/C17H16N4O2S/c1-9-5-11(3-4-14(9)23)15-12(6-18)16(20)21-17(13(15)7-19)24-8-10(2)22/h3-5,10,22-23H,8H2,1-2H3,(H2,20,21). The van der Waals surface area contributed by atoms with Crippen molar-refractivity contribution in [1.29, 1.82) is 10.5 Å². The van der Waals surface area contributed by atoms with Crippen LogP contribution < -0.4 is 5.73 Å². The molecule has 0 saturated heterocycles. The summed E-state index contributed by atoms with van der Waals surface area (Å²) in [5.74, 6) is 0.507. The van der Waals surface area contributed by atoms with Crippen LogP contribution in [0.15, 0.2) is 23.2 Å². The summed E-state index contributed by atoms with van der Waals surface area (Å²) in [6, 6.07) is 8.91. The highest BCUT2D eigenvalue weighted by atomic mass is 32.2. The summed E-state index contributed by atoms with van der Waals surface area (Å²) in [5, 5.41) is 38.6. The summed E-state index contributed by atoms with van der Waals surface area (Å²) < 4.78 is 0. The first-order valence-corrected chi connectivity index (χ1v) is 8.12. The van der Waals surface area contributed by atoms with Crippen molar-refractivity contribution in [3.05, 3.63) is 34.9 Å². The number of benzene rings is 1. The summed E-state index contributed by atoms with van der Waals surface area (Å²) in [6.07, 6.45) is -0.570. The van der Waals surface area contributed by atoms with Crippen LogP contribution in [0.5, 0.6) is 5.75 Å². The van der Waals surface area contributed by atoms with Crippen molar-refractivity contribution in [1.82, 2.24) is 4.98 Å². The molecule has 1 aromatic carbocycles. The third-order valence-corrected chi connectivity index (χ3v) is 4.58. The van der Waals surface area contributed by atoms with Crippen LogP contribution in [0.1, 0.15) is 23.6 Å². The first-order valence-electron chi connectivity index (χ1n) is 7.13. The molecule has 0 radical (unpaired) electrons. The number of aromatic nitrogens is 1. The fraction of sp³-hybridized carbons (Fsp3) is 0.235. The van der Waals surface area contributed by atoms with Gasteiger partial charge in [0.15, 0.2) is 0 Å². The minimum Gasteiger partial charge on any atom is -0.508 e. The van der Waals surface area contributed by atoms with E-state index in [0.717, 1.165) is 0 Å². The fourth-order valence-electron chi connectivity index (χ4n) is 2.20. The first kappa shape index (κ1) is 17.6. The minimum absolute atomic E-state index is 0.0327. The number of rotatable bonds is 4. The number of thioether (sulfide) groups is 1. The Balaban J connectivity index is 2.74. The van der Waals surface area contributed by atoms with Gasteiger partial charge in [-0.15, -0.1) is 11.8 Å². The average molecular weight is 340 g/mol. The molecule has 24 heavy (non-hydrogen) atoms. The number of nitrogen functional groups attached to an aromatic ring is 1. The fourth-order valence-corrected chi connectivity index (χ4v) is 3.06. The molecule has 0 aliphatic rings. The molecule has 2 rings (SSSR count). The smallest absolute Gasteiger partial charge is 0.143 e. The Hall–Kier alpha value is -2.74. The summed E-state index contributed by atoms with van der Waals surface area (Å²) in [6.45, 7) is 3.36. The zero-order valence-electron chi connectivity index (χ0n) is 13.2. The van der Waals surface area contributed by atoms with Crippen molar-refractivity contribution in [3.63, 3.8) is 0 Å². The SMILES string of the molecule is Cc1cc(-c2c(C#N)c(N)nc(SCC(C)O)c2C#N)ccc1O. The number of nitriles is 2. The highest BCUT2D eigenvalue weighted by molar-refractivity contribution is 7.99. The van der Waals surface area contributed by atoms with E-state index in [9.17, 15) is 20.7 Å². The molecule has 0 spiro atoms. The molecule has 1 heterocycles. The Bertz CT molecular complexity index is 866. The Morgan fingerprint density at radius 2 is 1.96 bits per heavy atom. The predicted octanol–water partition coefficient (Wildman–Crippen LogP) is 2.56. The molecule has 0 fully saturated rings. The van der Waals surface area contributed by atoms with Crippen LogP contribution in [0.25, 0.3) is 11.1 Å². The molecule has 1 atom stereocenters. The lowest BCUT2D eigenvalue weighted by Crippen LogP contribution is -2.07. The van der Waals surface area contributed by atoms with Crippen molar-refractivity contribution < 1.29 is 10.2 Å². The van der Waals surface area contributed by atoms with Gasteiger partial charge in [-0.2, -0.15) is 10.5 Å². The van der Waals surface area contributed by atoms with E-state index >= 15 is 0 Å². The van der Waals surface area contributed by atoms with Crippen molar-refractivity contribution in [2.75, 3.05) is 11.5 Å². The van der Waals surface area contributed by atoms with Crippen LogP contribution in [0.2, 0.25) is 0 Å². The number of aromatic hydroxyl groups is 1. The van der Waals surface area contributed by atoms with Crippen LogP contribution in [0.3, 0.4) is 0 Å². The molecule has 0 saturated carbocycles. The second kappa shape index (κ2) is 7.22. The number of hydrogen-bond donors (Lipinski definition) is 3. The maximum atomic E-state index is 9.70. The van der Waals surface area contributed by atoms with Crippen molar-refractivity contribution >= 4 is 17.6 Å². The van der Waals surface area contributed by atoms with Gasteiger partial charge in [0.25, 0.3) is 0 Å². The zero-order valence-corrected chi connectivity index (χ0v) is 14.1. The van der Waals surface area contributed by atoms with Crippen LogP contribution >= 0.6 is 11.8 Å². The minimum atomic E-state index is -0.570. The van der Waals surface area contributed by atoms with E-state index < -0.39 is 6.10 Å². The molecular weight excluding hydrogens is 324 g/mol. The van der Waals surface area contributed by atoms with Crippen LogP contribution in [0, 0.1) is 29.6 Å². The zero-order chi connectivity index (χ0) is 17.9. The van der Waals surface area contributed by atoms with Crippen LogP contribution in [-0.4, -0.2) is 27.1 Å². The van der Waals surface area contributed by atoms with E-state index in [0.29, 0.717) is 27.5 Å². The molecule has 1 aromatic heterocycles. The van der Waals surface area contributed by atoms with Gasteiger partial charge in [-0.1, -0.05) is 6.07 Å². The second-order valence-electron chi connectivity index (χ2n) is 5.31. The van der Waals surface area contributed by atoms with Gasteiger partial charge in [0.1, 0.15) is 34.3 Å². The third kappa shape index (κ3) is 3.43.